The van der Waals surface area contributed by atoms with Crippen molar-refractivity contribution in [3.8, 4) is 5.75 Å². The van der Waals surface area contributed by atoms with Crippen LogP contribution in [0.2, 0.25) is 0 Å². The number of hydrogen-bond acceptors (Lipinski definition) is 4. The van der Waals surface area contributed by atoms with Gasteiger partial charge in [-0.15, -0.1) is 10.2 Å². The fourth-order valence-corrected chi connectivity index (χ4v) is 4.22. The summed E-state index contributed by atoms with van der Waals surface area (Å²) in [5.74, 6) is 2.46. The predicted octanol–water partition coefficient (Wildman–Crippen LogP) is 5.29. The first-order valence-electron chi connectivity index (χ1n) is 10.2. The van der Waals surface area contributed by atoms with Crippen molar-refractivity contribution in [2.24, 2.45) is 0 Å². The third-order valence-electron chi connectivity index (χ3n) is 5.73. The van der Waals surface area contributed by atoms with Crippen LogP contribution >= 0.6 is 0 Å². The second-order valence-corrected chi connectivity index (χ2v) is 7.62. The third-order valence-corrected chi connectivity index (χ3v) is 5.73. The molecule has 142 valence electrons. The van der Waals surface area contributed by atoms with Gasteiger partial charge in [-0.25, -0.2) is 0 Å². The van der Waals surface area contributed by atoms with E-state index in [0.717, 1.165) is 33.7 Å². The van der Waals surface area contributed by atoms with Crippen LogP contribution in [0.3, 0.4) is 0 Å². The number of ether oxygens (including phenoxy) is 1. The lowest BCUT2D eigenvalue weighted by molar-refractivity contribution is 0.307. The Labute approximate surface area is 164 Å². The lowest BCUT2D eigenvalue weighted by atomic mass is 9.99. The average Bonchev–Trinajstić information content (AvgIpc) is 2.99. The van der Waals surface area contributed by atoms with Crippen LogP contribution in [0.4, 0.5) is 0 Å². The monoisotopic (exact) mass is 372 g/mol. The summed E-state index contributed by atoms with van der Waals surface area (Å²) in [6, 6.07) is 14.1. The van der Waals surface area contributed by atoms with Crippen molar-refractivity contribution < 1.29 is 4.74 Å². The van der Waals surface area contributed by atoms with Crippen LogP contribution in [-0.2, 0) is 6.61 Å². The molecule has 0 radical (unpaired) electrons. The van der Waals surface area contributed by atoms with Gasteiger partial charge < -0.3 is 4.74 Å². The molecule has 3 aromatic heterocycles. The summed E-state index contributed by atoms with van der Waals surface area (Å²) >= 11 is 0. The fraction of sp³-hybridized carbons (Fsp3) is 0.348. The average molecular weight is 372 g/mol. The second-order valence-electron chi connectivity index (χ2n) is 7.62. The summed E-state index contributed by atoms with van der Waals surface area (Å²) in [5, 5.41) is 10.2. The van der Waals surface area contributed by atoms with Crippen LogP contribution in [0.25, 0.3) is 16.6 Å². The zero-order chi connectivity index (χ0) is 18.8. The lowest BCUT2D eigenvalue weighted by Gasteiger charge is -2.12. The molecule has 3 heterocycles. The SMILES string of the molecule is c1cnc2ccc(OCc3cccn4c(C5CCCCCC5)nnc34)cc2c1. The van der Waals surface area contributed by atoms with E-state index in [1.807, 2.05) is 30.3 Å². The largest absolute Gasteiger partial charge is 0.489 e. The van der Waals surface area contributed by atoms with E-state index in [9.17, 15) is 0 Å². The molecular formula is C23H24N4O. The maximum Gasteiger partial charge on any atom is 0.167 e. The molecule has 1 aliphatic rings. The molecule has 5 rings (SSSR count). The first-order valence-corrected chi connectivity index (χ1v) is 10.2. The van der Waals surface area contributed by atoms with Crippen LogP contribution in [-0.4, -0.2) is 19.6 Å². The Balaban J connectivity index is 1.39. The van der Waals surface area contributed by atoms with Gasteiger partial charge in [0.1, 0.15) is 18.2 Å². The number of nitrogens with zero attached hydrogens (tertiary/aromatic N) is 4. The first-order chi connectivity index (χ1) is 13.9. The Bertz CT molecular complexity index is 1100. The molecule has 0 amide bonds. The quantitative estimate of drug-likeness (QED) is 0.457. The van der Waals surface area contributed by atoms with E-state index >= 15 is 0 Å². The molecule has 1 saturated carbocycles. The summed E-state index contributed by atoms with van der Waals surface area (Å²) in [7, 11) is 0. The van der Waals surface area contributed by atoms with Gasteiger partial charge in [0.2, 0.25) is 0 Å². The molecule has 0 spiro atoms. The lowest BCUT2D eigenvalue weighted by Crippen LogP contribution is -2.05. The van der Waals surface area contributed by atoms with Gasteiger partial charge in [-0.2, -0.15) is 0 Å². The van der Waals surface area contributed by atoms with Crippen molar-refractivity contribution in [3.63, 3.8) is 0 Å². The minimum atomic E-state index is 0.471. The maximum atomic E-state index is 6.07. The molecular weight excluding hydrogens is 348 g/mol. The fourth-order valence-electron chi connectivity index (χ4n) is 4.22. The van der Waals surface area contributed by atoms with Crippen molar-refractivity contribution in [1.29, 1.82) is 0 Å². The Hall–Kier alpha value is -2.95. The van der Waals surface area contributed by atoms with Gasteiger partial charge in [-0.3, -0.25) is 9.38 Å². The zero-order valence-electron chi connectivity index (χ0n) is 15.9. The van der Waals surface area contributed by atoms with E-state index in [4.69, 9.17) is 4.74 Å². The van der Waals surface area contributed by atoms with Crippen molar-refractivity contribution in [2.75, 3.05) is 0 Å². The van der Waals surface area contributed by atoms with Crippen LogP contribution in [0.1, 0.15) is 55.8 Å². The number of pyridine rings is 2. The first kappa shape index (κ1) is 17.2. The van der Waals surface area contributed by atoms with E-state index in [-0.39, 0.29) is 0 Å². The summed E-state index contributed by atoms with van der Waals surface area (Å²) in [6.45, 7) is 0.471. The highest BCUT2D eigenvalue weighted by Gasteiger charge is 2.20. The second kappa shape index (κ2) is 7.58. The molecule has 0 aliphatic heterocycles. The third kappa shape index (κ3) is 3.33. The molecule has 0 atom stereocenters. The van der Waals surface area contributed by atoms with Gasteiger partial charge in [-0.1, -0.05) is 37.8 Å². The Morgan fingerprint density at radius 2 is 1.86 bits per heavy atom. The molecule has 1 aromatic carbocycles. The Kier molecular flexibility index (Phi) is 4.65. The molecule has 0 unspecified atom stereocenters. The number of rotatable bonds is 4. The number of fused-ring (bicyclic) bond motifs is 2. The normalized spacial score (nSPS) is 15.7. The van der Waals surface area contributed by atoms with Crippen LogP contribution in [0, 0.1) is 0 Å². The van der Waals surface area contributed by atoms with E-state index in [0.29, 0.717) is 12.5 Å². The molecule has 1 aliphatic carbocycles. The van der Waals surface area contributed by atoms with Crippen molar-refractivity contribution in [3.05, 3.63) is 66.2 Å². The molecule has 4 aromatic rings. The van der Waals surface area contributed by atoms with Gasteiger partial charge in [0.15, 0.2) is 5.65 Å². The smallest absolute Gasteiger partial charge is 0.167 e. The molecule has 5 nitrogen and oxygen atoms in total. The van der Waals surface area contributed by atoms with Crippen LogP contribution in [0.15, 0.2) is 54.9 Å². The summed E-state index contributed by atoms with van der Waals surface area (Å²) in [4.78, 5) is 4.36. The van der Waals surface area contributed by atoms with Gasteiger partial charge in [0.25, 0.3) is 0 Å². The van der Waals surface area contributed by atoms with E-state index in [2.05, 4.69) is 37.9 Å². The number of aromatic nitrogens is 4. The summed E-state index contributed by atoms with van der Waals surface area (Å²) in [6.07, 6.45) is 11.6. The van der Waals surface area contributed by atoms with Crippen molar-refractivity contribution in [1.82, 2.24) is 19.6 Å². The molecule has 28 heavy (non-hydrogen) atoms. The summed E-state index contributed by atoms with van der Waals surface area (Å²) in [5.41, 5.74) is 2.94. The van der Waals surface area contributed by atoms with Crippen LogP contribution < -0.4 is 4.74 Å². The van der Waals surface area contributed by atoms with E-state index in [1.165, 1.54) is 38.5 Å². The highest BCUT2D eigenvalue weighted by Crippen LogP contribution is 2.31. The highest BCUT2D eigenvalue weighted by atomic mass is 16.5. The van der Waals surface area contributed by atoms with Crippen molar-refractivity contribution in [2.45, 2.75) is 51.0 Å². The zero-order valence-corrected chi connectivity index (χ0v) is 15.9. The highest BCUT2D eigenvalue weighted by molar-refractivity contribution is 5.79. The predicted molar refractivity (Wildman–Crippen MR) is 110 cm³/mol. The molecule has 0 bridgehead atoms. The Morgan fingerprint density at radius 3 is 2.75 bits per heavy atom. The Morgan fingerprint density at radius 1 is 0.964 bits per heavy atom. The number of benzene rings is 1. The van der Waals surface area contributed by atoms with E-state index < -0.39 is 0 Å². The minimum absolute atomic E-state index is 0.471. The molecule has 0 saturated heterocycles. The van der Waals surface area contributed by atoms with Crippen LogP contribution in [0.5, 0.6) is 5.75 Å². The number of hydrogen-bond donors (Lipinski definition) is 0. The topological polar surface area (TPSA) is 52.3 Å². The molecule has 0 N–H and O–H groups in total. The molecule has 1 fully saturated rings. The van der Waals surface area contributed by atoms with Gasteiger partial charge in [-0.05, 0) is 43.2 Å². The van der Waals surface area contributed by atoms with E-state index in [1.54, 1.807) is 6.20 Å². The van der Waals surface area contributed by atoms with Crippen molar-refractivity contribution >= 4 is 16.6 Å². The minimum Gasteiger partial charge on any atom is -0.489 e. The summed E-state index contributed by atoms with van der Waals surface area (Å²) < 4.78 is 8.24. The maximum absolute atomic E-state index is 6.07. The molecule has 5 heteroatoms. The van der Waals surface area contributed by atoms with Gasteiger partial charge >= 0.3 is 0 Å². The standard InChI is InChI=1S/C23H24N4O/c1-2-4-8-17(7-3-1)22-25-26-23-19(10-6-14-27(22)23)16-28-20-11-12-21-18(15-20)9-5-13-24-21/h5-6,9-15,17H,1-4,7-8,16H2. The van der Waals surface area contributed by atoms with Gasteiger partial charge in [0, 0.05) is 29.3 Å². The van der Waals surface area contributed by atoms with Gasteiger partial charge in [0.05, 0.1) is 5.52 Å².